The zero-order valence-corrected chi connectivity index (χ0v) is 13.3. The van der Waals surface area contributed by atoms with Gasteiger partial charge in [0.15, 0.2) is 0 Å². The fourth-order valence-electron chi connectivity index (χ4n) is 2.48. The van der Waals surface area contributed by atoms with Crippen molar-refractivity contribution in [3.63, 3.8) is 0 Å². The van der Waals surface area contributed by atoms with Crippen molar-refractivity contribution in [3.8, 4) is 5.75 Å². The number of carbonyl (C=O) groups is 1. The quantitative estimate of drug-likeness (QED) is 0.874. The third-order valence-electron chi connectivity index (χ3n) is 3.59. The standard InChI is InChI=1S/C16H12Cl2N2O3/c17-10-3-6-14(12(18)7-10)20-15(8-13(19-20)16(22)23)9-1-4-11(21)5-2-9/h1-7,15,21H,8H2,(H,22,23). The van der Waals surface area contributed by atoms with E-state index in [1.807, 2.05) is 0 Å². The van der Waals surface area contributed by atoms with E-state index < -0.39 is 5.97 Å². The van der Waals surface area contributed by atoms with Crippen molar-refractivity contribution < 1.29 is 15.0 Å². The Bertz CT molecular complexity index is 790. The molecule has 2 N–H and O–H groups in total. The number of phenols is 1. The molecule has 0 aliphatic carbocycles. The second-order valence-corrected chi connectivity index (χ2v) is 5.95. The number of anilines is 1. The zero-order chi connectivity index (χ0) is 16.6. The van der Waals surface area contributed by atoms with Crippen molar-refractivity contribution in [2.75, 3.05) is 5.01 Å². The van der Waals surface area contributed by atoms with E-state index in [0.29, 0.717) is 15.7 Å². The minimum absolute atomic E-state index is 0.0501. The number of hydrogen-bond donors (Lipinski definition) is 2. The largest absolute Gasteiger partial charge is 0.508 e. The van der Waals surface area contributed by atoms with Gasteiger partial charge in [0.2, 0.25) is 0 Å². The van der Waals surface area contributed by atoms with E-state index in [9.17, 15) is 15.0 Å². The Kier molecular flexibility index (Phi) is 4.15. The van der Waals surface area contributed by atoms with Gasteiger partial charge in [-0.3, -0.25) is 5.01 Å². The topological polar surface area (TPSA) is 73.1 Å². The van der Waals surface area contributed by atoms with Gasteiger partial charge in [-0.2, -0.15) is 5.10 Å². The number of aromatic hydroxyl groups is 1. The molecule has 0 saturated heterocycles. The molecule has 0 amide bonds. The van der Waals surface area contributed by atoms with Crippen LogP contribution in [0.5, 0.6) is 5.75 Å². The highest BCUT2D eigenvalue weighted by Gasteiger charge is 2.33. The molecule has 1 unspecified atom stereocenters. The number of benzene rings is 2. The maximum atomic E-state index is 11.3. The second kappa shape index (κ2) is 6.10. The van der Waals surface area contributed by atoms with Gasteiger partial charge in [0.05, 0.1) is 16.8 Å². The number of phenolic OH excluding ortho intramolecular Hbond substituents is 1. The van der Waals surface area contributed by atoms with Crippen LogP contribution >= 0.6 is 23.2 Å². The van der Waals surface area contributed by atoms with Crippen molar-refractivity contribution in [1.29, 1.82) is 0 Å². The van der Waals surface area contributed by atoms with Gasteiger partial charge in [0.25, 0.3) is 0 Å². The number of carboxylic acids is 1. The molecule has 7 heteroatoms. The van der Waals surface area contributed by atoms with Crippen molar-refractivity contribution in [2.45, 2.75) is 12.5 Å². The normalized spacial score (nSPS) is 17.2. The lowest BCUT2D eigenvalue weighted by atomic mass is 10.0. The molecule has 23 heavy (non-hydrogen) atoms. The predicted molar refractivity (Wildman–Crippen MR) is 89.5 cm³/mol. The van der Waals surface area contributed by atoms with Crippen LogP contribution < -0.4 is 5.01 Å². The Morgan fingerprint density at radius 2 is 1.87 bits per heavy atom. The fraction of sp³-hybridized carbons (Fsp3) is 0.125. The number of halogens is 2. The summed E-state index contributed by atoms with van der Waals surface area (Å²) in [5.74, 6) is -0.927. The Hall–Kier alpha value is -2.24. The van der Waals surface area contributed by atoms with Crippen LogP contribution in [0.25, 0.3) is 0 Å². The van der Waals surface area contributed by atoms with Gasteiger partial charge in [0.1, 0.15) is 11.5 Å². The molecule has 0 aromatic heterocycles. The van der Waals surface area contributed by atoms with Crippen molar-refractivity contribution in [2.24, 2.45) is 5.10 Å². The van der Waals surface area contributed by atoms with Gasteiger partial charge in [-0.05, 0) is 35.9 Å². The van der Waals surface area contributed by atoms with Crippen LogP contribution in [0.2, 0.25) is 10.0 Å². The first-order valence-electron chi connectivity index (χ1n) is 6.79. The Labute approximate surface area is 142 Å². The van der Waals surface area contributed by atoms with Crippen LogP contribution in [-0.4, -0.2) is 21.9 Å². The number of nitrogens with zero attached hydrogens (tertiary/aromatic N) is 2. The molecule has 1 aliphatic heterocycles. The molecule has 118 valence electrons. The molecule has 3 rings (SSSR count). The van der Waals surface area contributed by atoms with Crippen molar-refractivity contribution >= 4 is 40.6 Å². The predicted octanol–water partition coefficient (Wildman–Crippen LogP) is 4.09. The number of hydrazone groups is 1. The average molecular weight is 351 g/mol. The second-order valence-electron chi connectivity index (χ2n) is 5.10. The van der Waals surface area contributed by atoms with Crippen LogP contribution in [0.4, 0.5) is 5.69 Å². The lowest BCUT2D eigenvalue weighted by Crippen LogP contribution is -2.18. The molecule has 0 bridgehead atoms. The SMILES string of the molecule is O=C(O)C1=NN(c2ccc(Cl)cc2Cl)C(c2ccc(O)cc2)C1. The van der Waals surface area contributed by atoms with Crippen LogP contribution in [0.15, 0.2) is 47.6 Å². The smallest absolute Gasteiger partial charge is 0.352 e. The maximum absolute atomic E-state index is 11.3. The van der Waals surface area contributed by atoms with E-state index in [1.165, 1.54) is 0 Å². The molecule has 1 aliphatic rings. The molecular weight excluding hydrogens is 339 g/mol. The van der Waals surface area contributed by atoms with Gasteiger partial charge < -0.3 is 10.2 Å². The van der Waals surface area contributed by atoms with Crippen LogP contribution in [0, 0.1) is 0 Å². The fourth-order valence-corrected chi connectivity index (χ4v) is 2.98. The summed E-state index contributed by atoms with van der Waals surface area (Å²) in [5.41, 5.74) is 1.45. The van der Waals surface area contributed by atoms with Gasteiger partial charge in [-0.15, -0.1) is 0 Å². The first kappa shape index (κ1) is 15.6. The highest BCUT2D eigenvalue weighted by atomic mass is 35.5. The summed E-state index contributed by atoms with van der Waals surface area (Å²) in [6.45, 7) is 0. The third-order valence-corrected chi connectivity index (χ3v) is 4.13. The molecule has 0 radical (unpaired) electrons. The van der Waals surface area contributed by atoms with Crippen molar-refractivity contribution in [1.82, 2.24) is 0 Å². The number of aliphatic carboxylic acids is 1. The van der Waals surface area contributed by atoms with E-state index in [0.717, 1.165) is 5.56 Å². The summed E-state index contributed by atoms with van der Waals surface area (Å²) in [6, 6.07) is 11.2. The van der Waals surface area contributed by atoms with E-state index in [2.05, 4.69) is 5.10 Å². The van der Waals surface area contributed by atoms with Gasteiger partial charge in [-0.25, -0.2) is 4.79 Å². The Morgan fingerprint density at radius 1 is 1.17 bits per heavy atom. The first-order chi connectivity index (χ1) is 11.0. The summed E-state index contributed by atoms with van der Waals surface area (Å²) >= 11 is 12.1. The molecule has 2 aromatic rings. The summed E-state index contributed by atoms with van der Waals surface area (Å²) in [6.07, 6.45) is 0.235. The number of rotatable bonds is 3. The summed E-state index contributed by atoms with van der Waals surface area (Å²) in [7, 11) is 0. The van der Waals surface area contributed by atoms with Crippen molar-refractivity contribution in [3.05, 3.63) is 58.1 Å². The van der Waals surface area contributed by atoms with E-state index >= 15 is 0 Å². The molecular formula is C16H12Cl2N2O3. The Balaban J connectivity index is 2.04. The van der Waals surface area contributed by atoms with E-state index in [4.69, 9.17) is 23.2 Å². The minimum atomic E-state index is -1.07. The number of carboxylic acid groups (broad SMARTS) is 1. The molecule has 2 aromatic carbocycles. The summed E-state index contributed by atoms with van der Waals surface area (Å²) in [5, 5.41) is 25.3. The zero-order valence-electron chi connectivity index (χ0n) is 11.8. The summed E-state index contributed by atoms with van der Waals surface area (Å²) in [4.78, 5) is 11.3. The van der Waals surface area contributed by atoms with E-state index in [-0.39, 0.29) is 23.9 Å². The lowest BCUT2D eigenvalue weighted by Gasteiger charge is -2.25. The minimum Gasteiger partial charge on any atom is -0.508 e. The number of hydrogen-bond acceptors (Lipinski definition) is 4. The molecule has 1 atom stereocenters. The van der Waals surface area contributed by atoms with Gasteiger partial charge in [0, 0.05) is 11.4 Å². The van der Waals surface area contributed by atoms with Crippen LogP contribution in [0.3, 0.4) is 0 Å². The monoisotopic (exact) mass is 350 g/mol. The summed E-state index contributed by atoms with van der Waals surface area (Å²) < 4.78 is 0. The molecule has 0 spiro atoms. The van der Waals surface area contributed by atoms with Crippen LogP contribution in [0.1, 0.15) is 18.0 Å². The maximum Gasteiger partial charge on any atom is 0.352 e. The highest BCUT2D eigenvalue weighted by molar-refractivity contribution is 6.38. The first-order valence-corrected chi connectivity index (χ1v) is 7.55. The average Bonchev–Trinajstić information content (AvgIpc) is 2.93. The highest BCUT2D eigenvalue weighted by Crippen LogP contribution is 2.39. The van der Waals surface area contributed by atoms with Crippen LogP contribution in [-0.2, 0) is 4.79 Å². The molecule has 5 nitrogen and oxygen atoms in total. The molecule has 0 fully saturated rings. The molecule has 0 saturated carbocycles. The molecule has 1 heterocycles. The van der Waals surface area contributed by atoms with Gasteiger partial charge in [-0.1, -0.05) is 35.3 Å². The third kappa shape index (κ3) is 3.11. The lowest BCUT2D eigenvalue weighted by molar-refractivity contribution is -0.129. The Morgan fingerprint density at radius 3 is 2.48 bits per heavy atom. The van der Waals surface area contributed by atoms with Gasteiger partial charge >= 0.3 is 5.97 Å². The van der Waals surface area contributed by atoms with E-state index in [1.54, 1.807) is 47.5 Å².